The van der Waals surface area contributed by atoms with Crippen LogP contribution in [0.5, 0.6) is 0 Å². The highest BCUT2D eigenvalue weighted by atomic mass is 15.2. The Morgan fingerprint density at radius 1 is 0.333 bits per heavy atom. The number of benzene rings is 9. The van der Waals surface area contributed by atoms with Crippen molar-refractivity contribution in [2.75, 3.05) is 9.80 Å². The van der Waals surface area contributed by atoms with Gasteiger partial charge in [-0.2, -0.15) is 0 Å². The van der Waals surface area contributed by atoms with Crippen LogP contribution in [0.2, 0.25) is 0 Å². The number of rotatable bonds is 8. The van der Waals surface area contributed by atoms with Gasteiger partial charge >= 0.3 is 0 Å². The van der Waals surface area contributed by atoms with Gasteiger partial charge in [-0.25, -0.2) is 0 Å². The van der Waals surface area contributed by atoms with Gasteiger partial charge in [0.2, 0.25) is 0 Å². The molecule has 0 N–H and O–H groups in total. The minimum absolute atomic E-state index is 0.154. The molecule has 286 valence electrons. The average molecular weight is 770 g/mol. The van der Waals surface area contributed by atoms with Crippen molar-refractivity contribution in [1.29, 1.82) is 0 Å². The second-order valence-electron chi connectivity index (χ2n) is 16.2. The molecular formula is C57H43N3. The molecule has 0 bridgehead atoms. The first-order valence-electron chi connectivity index (χ1n) is 20.8. The number of fused-ring (bicyclic) bond motifs is 6. The zero-order chi connectivity index (χ0) is 40.2. The summed E-state index contributed by atoms with van der Waals surface area (Å²) in [5.74, 6) is 0. The Morgan fingerprint density at radius 2 is 0.800 bits per heavy atom. The van der Waals surface area contributed by atoms with E-state index >= 15 is 0 Å². The number of anilines is 6. The van der Waals surface area contributed by atoms with Gasteiger partial charge in [-0.3, -0.25) is 0 Å². The number of para-hydroxylation sites is 4. The Morgan fingerprint density at radius 3 is 1.33 bits per heavy atom. The monoisotopic (exact) mass is 769 g/mol. The Kier molecular flexibility index (Phi) is 8.49. The molecule has 1 aliphatic rings. The molecule has 60 heavy (non-hydrogen) atoms. The van der Waals surface area contributed by atoms with Crippen LogP contribution in [0.4, 0.5) is 34.1 Å². The Bertz CT molecular complexity index is 2970. The molecule has 0 saturated carbocycles. The summed E-state index contributed by atoms with van der Waals surface area (Å²) in [6, 6.07) is 81.6. The zero-order valence-electron chi connectivity index (χ0n) is 33.7. The molecule has 3 heteroatoms. The molecule has 0 amide bonds. The van der Waals surface area contributed by atoms with E-state index in [-0.39, 0.29) is 5.41 Å². The Balaban J connectivity index is 1.25. The van der Waals surface area contributed by atoms with Gasteiger partial charge in [0, 0.05) is 38.9 Å². The first kappa shape index (κ1) is 35.5. The third-order valence-corrected chi connectivity index (χ3v) is 12.3. The van der Waals surface area contributed by atoms with Gasteiger partial charge < -0.3 is 14.4 Å². The lowest BCUT2D eigenvalue weighted by Gasteiger charge is -2.30. The molecule has 0 unspecified atom stereocenters. The van der Waals surface area contributed by atoms with Crippen LogP contribution in [-0.4, -0.2) is 4.57 Å². The third-order valence-electron chi connectivity index (χ3n) is 12.3. The fraction of sp³-hybridized carbons (Fsp3) is 0.0526. The van der Waals surface area contributed by atoms with Crippen molar-refractivity contribution in [3.8, 4) is 27.9 Å². The molecular weight excluding hydrogens is 727 g/mol. The molecule has 0 atom stereocenters. The predicted octanol–water partition coefficient (Wildman–Crippen LogP) is 15.7. The summed E-state index contributed by atoms with van der Waals surface area (Å²) in [5, 5.41) is 2.47. The zero-order valence-corrected chi connectivity index (χ0v) is 33.7. The first-order chi connectivity index (χ1) is 29.5. The fourth-order valence-electron chi connectivity index (χ4n) is 9.47. The van der Waals surface area contributed by atoms with E-state index in [9.17, 15) is 0 Å². The molecule has 1 aliphatic carbocycles. The fourth-order valence-corrected chi connectivity index (χ4v) is 9.47. The quantitative estimate of drug-likeness (QED) is 0.152. The maximum Gasteiger partial charge on any atom is 0.0544 e. The van der Waals surface area contributed by atoms with Gasteiger partial charge in [0.25, 0.3) is 0 Å². The molecule has 0 spiro atoms. The van der Waals surface area contributed by atoms with Gasteiger partial charge in [-0.05, 0) is 124 Å². The molecule has 0 aliphatic heterocycles. The maximum absolute atomic E-state index is 2.51. The lowest BCUT2D eigenvalue weighted by molar-refractivity contribution is 0.661. The SMILES string of the molecule is CC1(C)c2ccccc2-c2cc3c4cc(-c5ccccc5)ccc4n(-c4cc(N(c5ccccc5)c5ccccc5)cc(N(c5ccccc5)c5ccccc5)c4)c3cc21. The minimum atomic E-state index is -0.154. The van der Waals surface area contributed by atoms with Crippen molar-refractivity contribution in [1.82, 2.24) is 4.57 Å². The van der Waals surface area contributed by atoms with Gasteiger partial charge in [0.1, 0.15) is 0 Å². The Hall–Kier alpha value is -7.62. The van der Waals surface area contributed by atoms with E-state index in [1.165, 1.54) is 55.2 Å². The highest BCUT2D eigenvalue weighted by Gasteiger charge is 2.36. The summed E-state index contributed by atoms with van der Waals surface area (Å²) >= 11 is 0. The van der Waals surface area contributed by atoms with Crippen LogP contribution < -0.4 is 9.80 Å². The van der Waals surface area contributed by atoms with Gasteiger partial charge in [-0.15, -0.1) is 0 Å². The second kappa shape index (κ2) is 14.3. The van der Waals surface area contributed by atoms with E-state index in [1.54, 1.807) is 0 Å². The summed E-state index contributed by atoms with van der Waals surface area (Å²) in [7, 11) is 0. The number of hydrogen-bond acceptors (Lipinski definition) is 2. The summed E-state index contributed by atoms with van der Waals surface area (Å²) in [6.07, 6.45) is 0. The molecule has 3 nitrogen and oxygen atoms in total. The number of aromatic nitrogens is 1. The van der Waals surface area contributed by atoms with Crippen molar-refractivity contribution in [2.45, 2.75) is 19.3 Å². The first-order valence-corrected chi connectivity index (χ1v) is 20.8. The van der Waals surface area contributed by atoms with Crippen LogP contribution in [0.1, 0.15) is 25.0 Å². The minimum Gasteiger partial charge on any atom is -0.310 e. The largest absolute Gasteiger partial charge is 0.310 e. The third kappa shape index (κ3) is 5.89. The summed E-state index contributed by atoms with van der Waals surface area (Å²) in [5.41, 5.74) is 17.5. The van der Waals surface area contributed by atoms with Crippen molar-refractivity contribution >= 4 is 55.9 Å². The van der Waals surface area contributed by atoms with Crippen molar-refractivity contribution in [3.63, 3.8) is 0 Å². The van der Waals surface area contributed by atoms with Crippen LogP contribution >= 0.6 is 0 Å². The molecule has 9 aromatic carbocycles. The molecule has 10 aromatic rings. The lowest BCUT2D eigenvalue weighted by Crippen LogP contribution is -2.15. The van der Waals surface area contributed by atoms with Crippen LogP contribution in [0.3, 0.4) is 0 Å². The van der Waals surface area contributed by atoms with Crippen molar-refractivity contribution < 1.29 is 0 Å². The highest BCUT2D eigenvalue weighted by Crippen LogP contribution is 2.52. The number of nitrogens with zero attached hydrogens (tertiary/aromatic N) is 3. The lowest BCUT2D eigenvalue weighted by atomic mass is 9.82. The van der Waals surface area contributed by atoms with Gasteiger partial charge in [0.15, 0.2) is 0 Å². The van der Waals surface area contributed by atoms with Gasteiger partial charge in [-0.1, -0.05) is 147 Å². The van der Waals surface area contributed by atoms with Crippen LogP contribution in [0.25, 0.3) is 49.7 Å². The highest BCUT2D eigenvalue weighted by molar-refractivity contribution is 6.13. The van der Waals surface area contributed by atoms with Crippen LogP contribution in [0.15, 0.2) is 224 Å². The standard InChI is InChI=1S/C57H43N3/c1-57(2)53-31-19-18-30-49(53)50-38-52-51-34-41(40-20-8-3-9-21-40)32-33-55(51)60(56(52)39-54(50)57)48-36-46(58(42-22-10-4-11-23-42)43-24-12-5-13-25-43)35-47(37-48)59(44-26-14-6-15-27-44)45-28-16-7-17-29-45/h3-39H,1-2H3. The average Bonchev–Trinajstić information content (AvgIpc) is 3.74. The Labute approximate surface area is 351 Å². The van der Waals surface area contributed by atoms with E-state index in [0.717, 1.165) is 39.8 Å². The molecule has 0 radical (unpaired) electrons. The van der Waals surface area contributed by atoms with Gasteiger partial charge in [0.05, 0.1) is 28.1 Å². The van der Waals surface area contributed by atoms with E-state index in [0.29, 0.717) is 0 Å². The van der Waals surface area contributed by atoms with Crippen molar-refractivity contribution in [3.05, 3.63) is 236 Å². The topological polar surface area (TPSA) is 11.4 Å². The summed E-state index contributed by atoms with van der Waals surface area (Å²) in [4.78, 5) is 4.75. The van der Waals surface area contributed by atoms with Crippen LogP contribution in [-0.2, 0) is 5.41 Å². The maximum atomic E-state index is 2.51. The molecule has 0 saturated heterocycles. The summed E-state index contributed by atoms with van der Waals surface area (Å²) in [6.45, 7) is 4.75. The van der Waals surface area contributed by atoms with E-state index < -0.39 is 0 Å². The second-order valence-corrected chi connectivity index (χ2v) is 16.2. The van der Waals surface area contributed by atoms with Crippen LogP contribution in [0, 0.1) is 0 Å². The molecule has 1 aromatic heterocycles. The smallest absolute Gasteiger partial charge is 0.0544 e. The van der Waals surface area contributed by atoms with Crippen molar-refractivity contribution in [2.24, 2.45) is 0 Å². The van der Waals surface area contributed by atoms with E-state index in [2.05, 4.69) is 253 Å². The molecule has 1 heterocycles. The predicted molar refractivity (Wildman–Crippen MR) is 253 cm³/mol. The molecule has 11 rings (SSSR count). The number of hydrogen-bond donors (Lipinski definition) is 0. The van der Waals surface area contributed by atoms with E-state index in [1.807, 2.05) is 0 Å². The summed E-state index contributed by atoms with van der Waals surface area (Å²) < 4.78 is 2.51. The van der Waals surface area contributed by atoms with E-state index in [4.69, 9.17) is 0 Å². The normalized spacial score (nSPS) is 12.6. The molecule has 0 fully saturated rings.